The summed E-state index contributed by atoms with van der Waals surface area (Å²) in [6.07, 6.45) is 17.9. The summed E-state index contributed by atoms with van der Waals surface area (Å²) < 4.78 is 4.77. The molecule has 52 heavy (non-hydrogen) atoms. The third-order valence-corrected chi connectivity index (χ3v) is 11.1. The van der Waals surface area contributed by atoms with Gasteiger partial charge in [0.15, 0.2) is 0 Å². The van der Waals surface area contributed by atoms with Gasteiger partial charge in [0.25, 0.3) is 0 Å². The molecule has 0 amide bonds. The highest BCUT2D eigenvalue weighted by Crippen LogP contribution is 2.50. The molecule has 2 unspecified atom stereocenters. The second-order valence-corrected chi connectivity index (χ2v) is 13.9. The van der Waals surface area contributed by atoms with Gasteiger partial charge in [-0.25, -0.2) is 9.97 Å². The molecular formula is C47H33N5. The van der Waals surface area contributed by atoms with Gasteiger partial charge in [0, 0.05) is 51.3 Å². The van der Waals surface area contributed by atoms with E-state index in [2.05, 4.69) is 149 Å². The van der Waals surface area contributed by atoms with Crippen molar-refractivity contribution < 1.29 is 0 Å². The summed E-state index contributed by atoms with van der Waals surface area (Å²) in [5, 5.41) is 2.55. The zero-order valence-corrected chi connectivity index (χ0v) is 28.4. The van der Waals surface area contributed by atoms with Crippen LogP contribution in [-0.2, 0) is 6.42 Å². The van der Waals surface area contributed by atoms with Gasteiger partial charge in [0.1, 0.15) is 11.2 Å². The normalized spacial score (nSPS) is 17.5. The minimum Gasteiger partial charge on any atom is -0.312 e. The first-order valence-electron chi connectivity index (χ1n) is 18.1. The Bertz CT molecular complexity index is 2850. The summed E-state index contributed by atoms with van der Waals surface area (Å²) in [7, 11) is 0. The zero-order valence-electron chi connectivity index (χ0n) is 28.4. The quantitative estimate of drug-likeness (QED) is 0.188. The van der Waals surface area contributed by atoms with E-state index >= 15 is 0 Å². The van der Waals surface area contributed by atoms with Gasteiger partial charge in [-0.1, -0.05) is 109 Å². The predicted octanol–water partition coefficient (Wildman–Crippen LogP) is 10.8. The van der Waals surface area contributed by atoms with E-state index in [9.17, 15) is 0 Å². The van der Waals surface area contributed by atoms with Gasteiger partial charge in [-0.15, -0.1) is 0 Å². The van der Waals surface area contributed by atoms with Crippen molar-refractivity contribution in [3.8, 4) is 22.9 Å². The molecular weight excluding hydrogens is 635 g/mol. The summed E-state index contributed by atoms with van der Waals surface area (Å²) >= 11 is 0. The van der Waals surface area contributed by atoms with Crippen LogP contribution in [0.5, 0.6) is 0 Å². The molecule has 0 spiro atoms. The molecule has 0 radical (unpaired) electrons. The molecule has 0 bridgehead atoms. The highest BCUT2D eigenvalue weighted by atomic mass is 15.2. The maximum atomic E-state index is 5.29. The molecule has 4 heterocycles. The van der Waals surface area contributed by atoms with E-state index in [4.69, 9.17) is 15.0 Å². The number of hydrogen-bond donors (Lipinski definition) is 0. The Hall–Kier alpha value is -6.59. The highest BCUT2D eigenvalue weighted by molar-refractivity contribution is 5.97. The third-order valence-electron chi connectivity index (χ3n) is 11.1. The van der Waals surface area contributed by atoms with Gasteiger partial charge in [-0.2, -0.15) is 0 Å². The smallest absolute Gasteiger partial charge is 0.235 e. The molecule has 2 atom stereocenters. The SMILES string of the molecule is C1=CC2C(C3=Cc4c(c5ccccc5n4-c4nc(-c5ccccc5)c5ncccc5n4)CC3)=Cc3c(n(-c4ccccc4)c4ccccc34)C2C=C1. The number of hydrogen-bond acceptors (Lipinski definition) is 3. The summed E-state index contributed by atoms with van der Waals surface area (Å²) in [5.41, 5.74) is 15.0. The van der Waals surface area contributed by atoms with Crippen molar-refractivity contribution in [1.29, 1.82) is 0 Å². The topological polar surface area (TPSA) is 48.5 Å². The standard InChI is InChI=1S/C47H33N5/c1-3-14-30(15-4-1)44-45-40(22-13-27-48-45)49-47(50-44)52-42-24-12-9-19-34(42)36-26-25-31(28-43(36)52)38-29-39-35-20-10-11-23-41(35)51(32-16-5-2-6-17-32)46(39)37-21-8-7-18-33(37)38/h1-24,27-29,33,37H,25-26H2. The lowest BCUT2D eigenvalue weighted by Gasteiger charge is -2.34. The Balaban J connectivity index is 1.15. The maximum Gasteiger partial charge on any atom is 0.235 e. The molecule has 0 fully saturated rings. The summed E-state index contributed by atoms with van der Waals surface area (Å²) in [4.78, 5) is 15.2. The van der Waals surface area contributed by atoms with Gasteiger partial charge >= 0.3 is 0 Å². The maximum absolute atomic E-state index is 5.29. The Morgan fingerprint density at radius 1 is 0.596 bits per heavy atom. The molecule has 5 nitrogen and oxygen atoms in total. The van der Waals surface area contributed by atoms with Crippen LogP contribution in [0.25, 0.3) is 67.9 Å². The second kappa shape index (κ2) is 11.5. The third kappa shape index (κ3) is 4.32. The van der Waals surface area contributed by atoms with Crippen molar-refractivity contribution in [3.05, 3.63) is 185 Å². The van der Waals surface area contributed by atoms with E-state index in [0.717, 1.165) is 46.3 Å². The van der Waals surface area contributed by atoms with Gasteiger partial charge in [0.05, 0.1) is 22.2 Å². The number of allylic oxidation sites excluding steroid dienone is 6. The van der Waals surface area contributed by atoms with E-state index in [-0.39, 0.29) is 11.8 Å². The molecule has 0 N–H and O–H groups in total. The monoisotopic (exact) mass is 667 g/mol. The first kappa shape index (κ1) is 29.2. The van der Waals surface area contributed by atoms with Crippen LogP contribution in [0, 0.1) is 5.92 Å². The first-order valence-corrected chi connectivity index (χ1v) is 18.1. The lowest BCUT2D eigenvalue weighted by Crippen LogP contribution is -2.22. The van der Waals surface area contributed by atoms with Crippen LogP contribution >= 0.6 is 0 Å². The van der Waals surface area contributed by atoms with Crippen molar-refractivity contribution in [2.24, 2.45) is 5.92 Å². The van der Waals surface area contributed by atoms with Crippen LogP contribution in [0.4, 0.5) is 0 Å². The van der Waals surface area contributed by atoms with Crippen molar-refractivity contribution >= 4 is 45.0 Å². The number of benzene rings is 4. The molecule has 246 valence electrons. The average Bonchev–Trinajstić information content (AvgIpc) is 3.73. The lowest BCUT2D eigenvalue weighted by molar-refractivity contribution is 0.629. The summed E-state index contributed by atoms with van der Waals surface area (Å²) in [6, 6.07) is 42.7. The molecule has 3 aliphatic carbocycles. The van der Waals surface area contributed by atoms with Crippen LogP contribution in [0.1, 0.15) is 34.9 Å². The molecule has 4 aromatic heterocycles. The Labute approximate surface area is 301 Å². The van der Waals surface area contributed by atoms with E-state index in [1.807, 2.05) is 24.4 Å². The van der Waals surface area contributed by atoms with Gasteiger partial charge in [0.2, 0.25) is 5.95 Å². The minimum absolute atomic E-state index is 0.213. The van der Waals surface area contributed by atoms with Crippen LogP contribution in [0.2, 0.25) is 0 Å². The van der Waals surface area contributed by atoms with Crippen molar-refractivity contribution in [2.75, 3.05) is 0 Å². The first-order chi connectivity index (χ1) is 25.8. The predicted molar refractivity (Wildman–Crippen MR) is 212 cm³/mol. The van der Waals surface area contributed by atoms with Crippen LogP contribution in [0.15, 0.2) is 163 Å². The molecule has 5 heteroatoms. The molecule has 8 aromatic rings. The number of fused-ring (bicyclic) bond motifs is 9. The molecule has 0 saturated carbocycles. The number of para-hydroxylation sites is 3. The Morgan fingerprint density at radius 3 is 2.13 bits per heavy atom. The molecule has 0 saturated heterocycles. The number of pyridine rings is 1. The molecule has 0 aliphatic heterocycles. The molecule has 4 aromatic carbocycles. The number of aromatic nitrogens is 5. The lowest BCUT2D eigenvalue weighted by atomic mass is 9.71. The van der Waals surface area contributed by atoms with E-state index in [1.54, 1.807) is 0 Å². The number of rotatable bonds is 4. The molecule has 3 aliphatic rings. The van der Waals surface area contributed by atoms with Crippen molar-refractivity contribution in [1.82, 2.24) is 24.1 Å². The second-order valence-electron chi connectivity index (χ2n) is 13.9. The summed E-state index contributed by atoms with van der Waals surface area (Å²) in [6.45, 7) is 0. The zero-order chi connectivity index (χ0) is 34.2. The average molecular weight is 668 g/mol. The Kier molecular flexibility index (Phi) is 6.44. The van der Waals surface area contributed by atoms with Gasteiger partial charge < -0.3 is 4.57 Å². The van der Waals surface area contributed by atoms with Crippen LogP contribution < -0.4 is 0 Å². The van der Waals surface area contributed by atoms with Gasteiger partial charge in [-0.05, 0) is 78.1 Å². The van der Waals surface area contributed by atoms with Crippen molar-refractivity contribution in [2.45, 2.75) is 18.8 Å². The van der Waals surface area contributed by atoms with Crippen LogP contribution in [-0.4, -0.2) is 24.1 Å². The fraction of sp³-hybridized carbons (Fsp3) is 0.0851. The van der Waals surface area contributed by atoms with Gasteiger partial charge in [-0.3, -0.25) is 9.55 Å². The minimum atomic E-state index is 0.213. The van der Waals surface area contributed by atoms with Crippen molar-refractivity contribution in [3.63, 3.8) is 0 Å². The largest absolute Gasteiger partial charge is 0.312 e. The molecule has 11 rings (SSSR count). The van der Waals surface area contributed by atoms with E-state index < -0.39 is 0 Å². The fourth-order valence-corrected chi connectivity index (χ4v) is 8.88. The Morgan fingerprint density at radius 2 is 1.31 bits per heavy atom. The number of nitrogens with zero attached hydrogens (tertiary/aromatic N) is 5. The summed E-state index contributed by atoms with van der Waals surface area (Å²) in [5.74, 6) is 1.10. The van der Waals surface area contributed by atoms with Crippen LogP contribution in [0.3, 0.4) is 0 Å². The van der Waals surface area contributed by atoms with E-state index in [0.29, 0.717) is 5.95 Å². The number of aryl methyl sites for hydroxylation is 1. The van der Waals surface area contributed by atoms with E-state index in [1.165, 1.54) is 49.9 Å². The fourth-order valence-electron chi connectivity index (χ4n) is 8.88. The highest BCUT2D eigenvalue weighted by Gasteiger charge is 2.36.